The van der Waals surface area contributed by atoms with E-state index >= 15 is 0 Å². The Bertz CT molecular complexity index is 6550. The molecule has 4 saturated heterocycles. The van der Waals surface area contributed by atoms with Crippen LogP contribution in [0.1, 0.15) is 145 Å². The molecule has 4 N–H and O–H groups in total. The molecular formula is C114H126ClFN20O12. The van der Waals surface area contributed by atoms with Gasteiger partial charge in [-0.3, -0.25) is 29.2 Å². The molecule has 6 unspecified atom stereocenters. The van der Waals surface area contributed by atoms with E-state index in [0.717, 1.165) is 207 Å². The van der Waals surface area contributed by atoms with Gasteiger partial charge in [0.1, 0.15) is 76.4 Å². The molecule has 4 aromatic heterocycles. The summed E-state index contributed by atoms with van der Waals surface area (Å²) in [5, 5.41) is 11.9. The maximum Gasteiger partial charge on any atom is 0.326 e. The number of aromatic nitrogens is 8. The number of anilines is 12. The number of nitrogens with one attached hydrogen (secondary N) is 4. The fourth-order valence-electron chi connectivity index (χ4n) is 19.8. The van der Waals surface area contributed by atoms with E-state index in [-0.39, 0.29) is 88.2 Å². The van der Waals surface area contributed by atoms with Gasteiger partial charge in [-0.1, -0.05) is 125 Å². The van der Waals surface area contributed by atoms with E-state index in [2.05, 4.69) is 108 Å². The highest BCUT2D eigenvalue weighted by atomic mass is 35.5. The smallest absolute Gasteiger partial charge is 0.326 e. The molecule has 0 bridgehead atoms. The molecule has 4 fully saturated rings. The first-order valence-corrected chi connectivity index (χ1v) is 51.7. The molecule has 8 aliphatic rings. The molecule has 20 rings (SSSR count). The van der Waals surface area contributed by atoms with Gasteiger partial charge in [-0.2, -0.15) is 0 Å². The van der Waals surface area contributed by atoms with Crippen LogP contribution in [0.25, 0.3) is 44.5 Å². The van der Waals surface area contributed by atoms with Crippen molar-refractivity contribution in [2.75, 3.05) is 139 Å². The summed E-state index contributed by atoms with van der Waals surface area (Å²) >= 11 is 5.83. The zero-order chi connectivity index (χ0) is 104. The highest BCUT2D eigenvalue weighted by molar-refractivity contribution is 6.30. The Kier molecular flexibility index (Phi) is 33.8. The minimum Gasteiger partial charge on any atom is -0.486 e. The Balaban J connectivity index is 0.000000135. The lowest BCUT2D eigenvalue weighted by Crippen LogP contribution is -2.45. The second-order valence-electron chi connectivity index (χ2n) is 38.7. The number of amides is 8. The highest BCUT2D eigenvalue weighted by Gasteiger charge is 2.38. The maximum absolute atomic E-state index is 14.3. The predicted octanol–water partition coefficient (Wildman–Crippen LogP) is 22.0. The number of halogens is 2. The summed E-state index contributed by atoms with van der Waals surface area (Å²) in [7, 11) is 0. The number of para-hydroxylation sites is 3. The van der Waals surface area contributed by atoms with E-state index in [0.29, 0.717) is 110 Å². The highest BCUT2D eigenvalue weighted by Crippen LogP contribution is 2.45. The fraction of sp³-hybridized carbons (Fsp3) is 0.368. The topological polar surface area (TPSA) is 351 Å². The summed E-state index contributed by atoms with van der Waals surface area (Å²) in [6.07, 6.45) is 24.4. The minimum atomic E-state index is -0.603. The maximum atomic E-state index is 14.3. The quantitative estimate of drug-likeness (QED) is 0.0462. The standard InChI is InChI=1S/C30H35N5O3.C28H29ClFN5O3.2C28H31N5O3/c1-4-22-8-6-7-9-26(22)33-30(37)35-19-25(5-2)38-28-15-23(10-11-27(28)35)24-16-31-29(32-17-24)34-13-12-21(18-34)14-20(3)36;1-3-22-16-35(28(37)33-24-6-5-21(29)13-23(24)30)25-7-4-19(12-26(25)38-22)20-14-31-27(32-15-20)34-10-8-18(9-11-34)17(2)36;1-3-24-18-33(28(35)31-23-7-5-4-6-8-23)25-10-9-21(15-26(25)36-24)22-16-29-27(30-17-22)32-13-11-20(12-14-32)19(2)34;1-3-24-18-33(28(35)31-23-7-5-4-6-8-23)25-10-9-21(14-26(25)36-24)22-15-29-27(30-16-22)32-12-11-20(17-32)13-19(2)34/h6-11,15-17,21,25H,4-5,12-14,18-19H2,1-3H3,(H,33,37);4-7,12-15,18,22H,3,8-11,16H2,1-2H3,(H,33,37);4-10,15-17,20,24H,3,11-14,18H2,1-2H3,(H,31,35);4-10,14-16,20,24H,3,11-13,17-18H2,1-2H3,(H,31,35). The summed E-state index contributed by atoms with van der Waals surface area (Å²) in [5.41, 5.74) is 13.4. The van der Waals surface area contributed by atoms with Crippen LogP contribution in [0, 0.1) is 29.5 Å². The molecule has 32 nitrogen and oxygen atoms in total. The molecule has 0 radical (unpaired) electrons. The van der Waals surface area contributed by atoms with Gasteiger partial charge in [-0.25, -0.2) is 63.4 Å². The number of aryl methyl sites for hydroxylation is 1. The van der Waals surface area contributed by atoms with Crippen molar-refractivity contribution in [1.82, 2.24) is 39.9 Å². The van der Waals surface area contributed by atoms with Gasteiger partial charge in [0.25, 0.3) is 0 Å². The van der Waals surface area contributed by atoms with E-state index in [1.165, 1.54) is 12.1 Å². The normalized spacial score (nSPS) is 18.2. The number of piperidine rings is 2. The van der Waals surface area contributed by atoms with Crippen LogP contribution < -0.4 is 79.4 Å². The first-order chi connectivity index (χ1) is 71.8. The van der Waals surface area contributed by atoms with Gasteiger partial charge in [0.15, 0.2) is 0 Å². The number of ether oxygens (including phenoxy) is 4. The Hall–Kier alpha value is -15.5. The van der Waals surface area contributed by atoms with Gasteiger partial charge in [-0.15, -0.1) is 0 Å². The molecule has 6 atom stereocenters. The molecule has 768 valence electrons. The zero-order valence-electron chi connectivity index (χ0n) is 85.0. The Morgan fingerprint density at radius 3 is 0.932 bits per heavy atom. The van der Waals surface area contributed by atoms with Gasteiger partial charge in [0.05, 0.1) is 54.6 Å². The molecule has 12 heterocycles. The molecule has 8 aliphatic heterocycles. The molecule has 8 aromatic carbocycles. The summed E-state index contributed by atoms with van der Waals surface area (Å²) < 4.78 is 39.2. The summed E-state index contributed by atoms with van der Waals surface area (Å²) in [4.78, 5) is 151. The third kappa shape index (κ3) is 25.6. The summed E-state index contributed by atoms with van der Waals surface area (Å²) in [6, 6.07) is 53.1. The van der Waals surface area contributed by atoms with Crippen LogP contribution in [0.15, 0.2) is 225 Å². The third-order valence-electron chi connectivity index (χ3n) is 28.3. The molecule has 34 heteroatoms. The van der Waals surface area contributed by atoms with Gasteiger partial charge in [0.2, 0.25) is 23.8 Å². The van der Waals surface area contributed by atoms with Crippen molar-refractivity contribution in [1.29, 1.82) is 0 Å². The SMILES string of the molecule is CCC1CN(C(=O)Nc2ccc(Cl)cc2F)c2ccc(-c3cnc(N4CCC(C(C)=O)CC4)nc3)cc2O1.CCC1CN(C(=O)Nc2ccccc2)c2ccc(-c3cnc(N4CCC(C(C)=O)CC4)nc3)cc2O1.CCC1CN(C(=O)Nc2ccccc2)c2ccc(-c3cnc(N4CCC(CC(C)=O)C4)nc3)cc2O1.CCc1ccccc1NC(=O)N1CC(CC)Oc2cc(-c3cnc(N4CCC(CC(C)=O)C4)nc3)ccc21. The van der Waals surface area contributed by atoms with Crippen LogP contribution in [-0.4, -0.2) is 190 Å². The van der Waals surface area contributed by atoms with E-state index in [9.17, 15) is 42.7 Å². The van der Waals surface area contributed by atoms with E-state index in [1.807, 2.05) is 202 Å². The number of urea groups is 4. The lowest BCUT2D eigenvalue weighted by Gasteiger charge is -2.35. The van der Waals surface area contributed by atoms with Crippen LogP contribution in [-0.2, 0) is 25.6 Å². The molecule has 12 aromatic rings. The molecule has 148 heavy (non-hydrogen) atoms. The summed E-state index contributed by atoms with van der Waals surface area (Å²) in [6.45, 7) is 25.1. The number of nitrogens with zero attached hydrogens (tertiary/aromatic N) is 16. The van der Waals surface area contributed by atoms with Gasteiger partial charge >= 0.3 is 24.1 Å². The number of ketones is 4. The Morgan fingerprint density at radius 1 is 0.331 bits per heavy atom. The predicted molar refractivity (Wildman–Crippen MR) is 577 cm³/mol. The van der Waals surface area contributed by atoms with Crippen LogP contribution >= 0.6 is 11.6 Å². The van der Waals surface area contributed by atoms with Gasteiger partial charge in [-0.05, 0) is 235 Å². The molecule has 0 aliphatic carbocycles. The number of carbonyl (C=O) groups is 8. The first kappa shape index (κ1) is 104. The number of rotatable bonds is 23. The third-order valence-corrected chi connectivity index (χ3v) is 28.5. The van der Waals surface area contributed by atoms with Crippen molar-refractivity contribution in [2.24, 2.45) is 23.7 Å². The summed E-state index contributed by atoms with van der Waals surface area (Å²) in [5.74, 6) is 6.67. The number of carbonyl (C=O) groups excluding carboxylic acids is 8. The van der Waals surface area contributed by atoms with E-state index in [1.54, 1.807) is 59.7 Å². The van der Waals surface area contributed by atoms with Crippen molar-refractivity contribution in [3.05, 3.63) is 242 Å². The molecular weight excluding hydrogens is 1900 g/mol. The van der Waals surface area contributed by atoms with Crippen molar-refractivity contribution in [2.45, 2.75) is 170 Å². The molecule has 0 saturated carbocycles. The number of fused-ring (bicyclic) bond motifs is 4. The van der Waals surface area contributed by atoms with Crippen molar-refractivity contribution < 1.29 is 61.7 Å². The monoisotopic (exact) mass is 2020 g/mol. The van der Waals surface area contributed by atoms with Crippen LogP contribution in [0.4, 0.5) is 92.9 Å². The van der Waals surface area contributed by atoms with Crippen LogP contribution in [0.2, 0.25) is 5.02 Å². The second-order valence-corrected chi connectivity index (χ2v) is 39.1. The second kappa shape index (κ2) is 48.2. The first-order valence-electron chi connectivity index (χ1n) is 51.3. The average Bonchev–Trinajstić information content (AvgIpc) is 1.11. The van der Waals surface area contributed by atoms with Gasteiger partial charge < -0.3 is 69.4 Å². The van der Waals surface area contributed by atoms with Crippen LogP contribution in [0.3, 0.4) is 0 Å². The Labute approximate surface area is 867 Å². The largest absolute Gasteiger partial charge is 0.486 e. The number of Topliss-reactive ketones (excluding diaryl/α,β-unsaturated/α-hetero) is 4. The molecule has 8 amide bonds. The fourth-order valence-corrected chi connectivity index (χ4v) is 19.9. The minimum absolute atomic E-state index is 0.0554. The Morgan fingerprint density at radius 2 is 0.628 bits per heavy atom. The van der Waals surface area contributed by atoms with Crippen LogP contribution in [0.5, 0.6) is 23.0 Å². The van der Waals surface area contributed by atoms with Gasteiger partial charge in [0, 0.05) is 171 Å². The number of hydrogen-bond donors (Lipinski definition) is 4. The lowest BCUT2D eigenvalue weighted by molar-refractivity contribution is -0.122. The lowest BCUT2D eigenvalue weighted by atomic mass is 9.93. The van der Waals surface area contributed by atoms with E-state index in [4.69, 9.17) is 30.5 Å². The van der Waals surface area contributed by atoms with Crippen molar-refractivity contribution in [3.8, 4) is 67.5 Å². The van der Waals surface area contributed by atoms with Crippen molar-refractivity contribution >= 4 is 128 Å². The molecule has 0 spiro atoms. The number of benzene rings is 8. The average molecular weight is 2020 g/mol. The zero-order valence-corrected chi connectivity index (χ0v) is 85.7. The number of hydrogen-bond acceptors (Lipinski definition) is 24. The van der Waals surface area contributed by atoms with E-state index < -0.39 is 11.8 Å². The van der Waals surface area contributed by atoms with Crippen molar-refractivity contribution in [3.63, 3.8) is 0 Å².